The highest BCUT2D eigenvalue weighted by molar-refractivity contribution is 5.82. The lowest BCUT2D eigenvalue weighted by Gasteiger charge is -2.16. The van der Waals surface area contributed by atoms with Crippen LogP contribution in [0, 0.1) is 0 Å². The molecule has 1 aromatic rings. The molecule has 5 heteroatoms. The van der Waals surface area contributed by atoms with Crippen molar-refractivity contribution < 1.29 is 18.3 Å². The van der Waals surface area contributed by atoms with Crippen molar-refractivity contribution >= 4 is 5.97 Å². The summed E-state index contributed by atoms with van der Waals surface area (Å²) in [7, 11) is 0. The van der Waals surface area contributed by atoms with Crippen LogP contribution in [0.1, 0.15) is 12.5 Å². The molecule has 0 bridgehead atoms. The van der Waals surface area contributed by atoms with Gasteiger partial charge in [0.05, 0.1) is 12.3 Å². The second-order valence-electron chi connectivity index (χ2n) is 3.67. The van der Waals surface area contributed by atoms with Gasteiger partial charge < -0.3 is 10.5 Å². The number of ether oxygens (including phenoxy) is 1. The summed E-state index contributed by atoms with van der Waals surface area (Å²) in [5.74, 6) is -3.88. The van der Waals surface area contributed by atoms with E-state index < -0.39 is 17.6 Å². The maximum Gasteiger partial charge on any atom is 0.330 e. The number of carbonyl (C=O) groups is 1. The van der Waals surface area contributed by atoms with Crippen molar-refractivity contribution in [3.05, 3.63) is 59.8 Å². The number of hydrogen-bond acceptors (Lipinski definition) is 3. The van der Waals surface area contributed by atoms with E-state index in [2.05, 4.69) is 4.74 Å². The molecule has 2 N–H and O–H groups in total. The summed E-state index contributed by atoms with van der Waals surface area (Å²) in [6.07, 6.45) is 3.17. The van der Waals surface area contributed by atoms with E-state index in [1.54, 1.807) is 13.0 Å². The van der Waals surface area contributed by atoms with Crippen molar-refractivity contribution in [2.24, 2.45) is 5.73 Å². The lowest BCUT2D eigenvalue weighted by Crippen LogP contribution is -2.22. The molecule has 1 aromatic carbocycles. The summed E-state index contributed by atoms with van der Waals surface area (Å²) in [5, 5.41) is 0. The Bertz CT molecular complexity index is 481. The normalized spacial score (nSPS) is 12.7. The predicted octanol–water partition coefficient (Wildman–Crippen LogP) is 2.74. The maximum absolute atomic E-state index is 13.9. The molecule has 0 unspecified atom stereocenters. The second-order valence-corrected chi connectivity index (χ2v) is 3.67. The van der Waals surface area contributed by atoms with E-state index in [4.69, 9.17) is 5.73 Å². The van der Waals surface area contributed by atoms with Crippen LogP contribution in [-0.4, -0.2) is 12.6 Å². The Morgan fingerprint density at radius 3 is 2.58 bits per heavy atom. The van der Waals surface area contributed by atoms with Crippen LogP contribution in [0.4, 0.5) is 8.78 Å². The van der Waals surface area contributed by atoms with Crippen molar-refractivity contribution in [3.8, 4) is 0 Å². The smallest absolute Gasteiger partial charge is 0.330 e. The number of benzene rings is 1. The summed E-state index contributed by atoms with van der Waals surface area (Å²) in [6, 6.07) is 7.22. The highest BCUT2D eigenvalue weighted by atomic mass is 19.3. The number of hydrogen-bond donors (Lipinski definition) is 1. The molecule has 1 rings (SSSR count). The zero-order chi connectivity index (χ0) is 14.3. The lowest BCUT2D eigenvalue weighted by molar-refractivity contribution is -0.137. The predicted molar refractivity (Wildman–Crippen MR) is 68.4 cm³/mol. The summed E-state index contributed by atoms with van der Waals surface area (Å²) in [4.78, 5) is 11.0. The molecule has 0 saturated carbocycles. The molecule has 0 aromatic heterocycles. The van der Waals surface area contributed by atoms with Gasteiger partial charge in [0.25, 0.3) is 0 Å². The molecule has 0 aliphatic rings. The van der Waals surface area contributed by atoms with Gasteiger partial charge in [0, 0.05) is 11.6 Å². The molecule has 0 aliphatic carbocycles. The molecule has 0 radical (unpaired) electrons. The zero-order valence-corrected chi connectivity index (χ0v) is 10.5. The summed E-state index contributed by atoms with van der Waals surface area (Å²) in [5.41, 5.74) is 4.51. The first-order valence-electron chi connectivity index (χ1n) is 5.73. The number of nitrogens with two attached hydrogens (primary N) is 1. The van der Waals surface area contributed by atoms with E-state index in [1.807, 2.05) is 0 Å². The average Bonchev–Trinajstić information content (AvgIpc) is 2.40. The van der Waals surface area contributed by atoms with E-state index in [9.17, 15) is 13.6 Å². The van der Waals surface area contributed by atoms with Gasteiger partial charge in [0.1, 0.15) is 0 Å². The van der Waals surface area contributed by atoms with E-state index in [0.29, 0.717) is 0 Å². The van der Waals surface area contributed by atoms with Crippen molar-refractivity contribution in [1.29, 1.82) is 0 Å². The van der Waals surface area contributed by atoms with Gasteiger partial charge in [0.2, 0.25) is 0 Å². The third-order valence-electron chi connectivity index (χ3n) is 2.29. The fourth-order valence-electron chi connectivity index (χ4n) is 1.34. The fraction of sp³-hybridized carbons (Fsp3) is 0.214. The number of alkyl halides is 2. The van der Waals surface area contributed by atoms with Crippen molar-refractivity contribution in [2.75, 3.05) is 6.61 Å². The van der Waals surface area contributed by atoms with Gasteiger partial charge in [-0.3, -0.25) is 0 Å². The monoisotopic (exact) mass is 267 g/mol. The van der Waals surface area contributed by atoms with Crippen molar-refractivity contribution in [3.63, 3.8) is 0 Å². The molecule has 19 heavy (non-hydrogen) atoms. The summed E-state index contributed by atoms with van der Waals surface area (Å²) >= 11 is 0. The van der Waals surface area contributed by atoms with Crippen LogP contribution in [-0.2, 0) is 15.5 Å². The van der Waals surface area contributed by atoms with Crippen LogP contribution in [0.15, 0.2) is 54.3 Å². The Hall–Kier alpha value is -2.17. The summed E-state index contributed by atoms with van der Waals surface area (Å²) < 4.78 is 32.4. The van der Waals surface area contributed by atoms with Crippen molar-refractivity contribution in [1.82, 2.24) is 0 Å². The molecule has 0 fully saturated rings. The highest BCUT2D eigenvalue weighted by Crippen LogP contribution is 2.32. The van der Waals surface area contributed by atoms with Crippen molar-refractivity contribution in [2.45, 2.75) is 12.8 Å². The van der Waals surface area contributed by atoms with Crippen LogP contribution in [0.5, 0.6) is 0 Å². The molecule has 3 nitrogen and oxygen atoms in total. The minimum Gasteiger partial charge on any atom is -0.463 e. The molecular formula is C14H15F2NO2. The van der Waals surface area contributed by atoms with E-state index in [-0.39, 0.29) is 12.2 Å². The van der Waals surface area contributed by atoms with Gasteiger partial charge in [-0.05, 0) is 13.0 Å². The first-order valence-corrected chi connectivity index (χ1v) is 5.73. The topological polar surface area (TPSA) is 52.3 Å². The van der Waals surface area contributed by atoms with Gasteiger partial charge >= 0.3 is 11.9 Å². The standard InChI is InChI=1S/C14H15F2NO2/c1-2-19-13(18)10-6-9-12(17)14(15,16)11-7-4-3-5-8-11/h3-10H,2,17H2,1H3/b10-6+,12-9-. The van der Waals surface area contributed by atoms with Crippen LogP contribution < -0.4 is 5.73 Å². The minimum atomic E-state index is -3.28. The number of esters is 1. The van der Waals surface area contributed by atoms with Gasteiger partial charge in [-0.1, -0.05) is 36.4 Å². The fourth-order valence-corrected chi connectivity index (χ4v) is 1.34. The lowest BCUT2D eigenvalue weighted by atomic mass is 10.1. The Morgan fingerprint density at radius 1 is 1.37 bits per heavy atom. The molecule has 102 valence electrons. The number of allylic oxidation sites excluding steroid dienone is 3. The van der Waals surface area contributed by atoms with E-state index in [0.717, 1.165) is 18.2 Å². The number of halogens is 2. The van der Waals surface area contributed by atoms with Crippen LogP contribution >= 0.6 is 0 Å². The van der Waals surface area contributed by atoms with E-state index in [1.165, 1.54) is 24.3 Å². The van der Waals surface area contributed by atoms with Crippen LogP contribution in [0.2, 0.25) is 0 Å². The summed E-state index contributed by atoms with van der Waals surface area (Å²) in [6.45, 7) is 1.88. The Balaban J connectivity index is 2.81. The molecule has 0 atom stereocenters. The first kappa shape index (κ1) is 14.9. The van der Waals surface area contributed by atoms with Gasteiger partial charge in [0.15, 0.2) is 0 Å². The van der Waals surface area contributed by atoms with Crippen LogP contribution in [0.25, 0.3) is 0 Å². The molecule has 0 aliphatic heterocycles. The van der Waals surface area contributed by atoms with E-state index >= 15 is 0 Å². The Morgan fingerprint density at radius 2 is 2.00 bits per heavy atom. The van der Waals surface area contributed by atoms with Gasteiger partial charge in [-0.25, -0.2) is 4.79 Å². The highest BCUT2D eigenvalue weighted by Gasteiger charge is 2.34. The quantitative estimate of drug-likeness (QED) is 0.507. The third-order valence-corrected chi connectivity index (χ3v) is 2.29. The third kappa shape index (κ3) is 4.21. The SMILES string of the molecule is CCOC(=O)/C=C/C=C(\N)C(F)(F)c1ccccc1. The molecule has 0 heterocycles. The number of carbonyl (C=O) groups excluding carboxylic acids is 1. The molecule has 0 saturated heterocycles. The number of rotatable bonds is 5. The Labute approximate surface area is 110 Å². The second kappa shape index (κ2) is 6.68. The first-order chi connectivity index (χ1) is 8.98. The molecular weight excluding hydrogens is 252 g/mol. The minimum absolute atomic E-state index is 0.201. The largest absolute Gasteiger partial charge is 0.463 e. The molecule has 0 amide bonds. The maximum atomic E-state index is 13.9. The Kier molecular flexibility index (Phi) is 5.23. The zero-order valence-electron chi connectivity index (χ0n) is 10.5. The van der Waals surface area contributed by atoms with Gasteiger partial charge in [-0.15, -0.1) is 0 Å². The van der Waals surface area contributed by atoms with Gasteiger partial charge in [-0.2, -0.15) is 8.78 Å². The molecule has 0 spiro atoms. The average molecular weight is 267 g/mol. The van der Waals surface area contributed by atoms with Crippen LogP contribution in [0.3, 0.4) is 0 Å².